The van der Waals surface area contributed by atoms with Crippen molar-refractivity contribution in [3.63, 3.8) is 0 Å². The fraction of sp³-hybridized carbons (Fsp3) is 0.0698. The molecule has 0 spiro atoms. The van der Waals surface area contributed by atoms with Crippen LogP contribution in [-0.2, 0) is 5.41 Å². The lowest BCUT2D eigenvalue weighted by Crippen LogP contribution is -2.54. The van der Waals surface area contributed by atoms with Gasteiger partial charge in [0.1, 0.15) is 5.56 Å². The third-order valence-corrected chi connectivity index (χ3v) is 8.47. The van der Waals surface area contributed by atoms with Crippen molar-refractivity contribution in [2.75, 3.05) is 0 Å². The molecule has 0 radical (unpaired) electrons. The number of ether oxygens (including phenoxy) is 4. The number of esters is 4. The molecular formula is C43H27F6O8+. The van der Waals surface area contributed by atoms with E-state index in [4.69, 9.17) is 18.9 Å². The first-order chi connectivity index (χ1) is 27.2. The number of halogens is 6. The Bertz CT molecular complexity index is 2230. The summed E-state index contributed by atoms with van der Waals surface area (Å²) in [4.78, 5) is 50.0. The maximum Gasteiger partial charge on any atom is 0.524 e. The molecule has 0 saturated heterocycles. The third-order valence-electron chi connectivity index (χ3n) is 8.47. The van der Waals surface area contributed by atoms with Gasteiger partial charge in [-0.2, -0.15) is 26.3 Å². The molecular weight excluding hydrogens is 758 g/mol. The van der Waals surface area contributed by atoms with E-state index in [9.17, 15) is 19.2 Å². The third kappa shape index (κ3) is 8.39. The highest BCUT2D eigenvalue weighted by Crippen LogP contribution is 2.58. The second-order valence-corrected chi connectivity index (χ2v) is 12.1. The minimum Gasteiger partial charge on any atom is -0.419 e. The van der Waals surface area contributed by atoms with Gasteiger partial charge in [-0.3, -0.25) is 4.74 Å². The molecule has 0 unspecified atom stereocenters. The highest BCUT2D eigenvalue weighted by molar-refractivity contribution is 5.94. The Morgan fingerprint density at radius 1 is 0.386 bits per heavy atom. The standard InChI is InChI=1S/C43H26F6O8/c44-42(45,46)41(43(47,48)49,31-21-23-33(54-37(50)27-13-5-1-6-14-27)35(25-31)56-39(52)29-17-9-3-10-18-29)32-22-24-34(55-38(51)28-15-7-2-8-16-28)36(26-32)57-40(53)30-19-11-4-12-20-30/h1-26H/p+1. The SMILES string of the molecule is O=C(Oc1ccc(C(c2ccc(OC(=[OH+])c3ccccc3)c(OC(=O)c3ccccc3)c2)(C(F)(F)F)C(F)(F)F)cc1OC(=O)c1ccccc1)c1ccccc1. The number of hydrogen-bond acceptors (Lipinski definition) is 7. The van der Waals surface area contributed by atoms with E-state index >= 15 is 26.3 Å². The number of benzene rings is 6. The molecule has 0 aromatic heterocycles. The van der Waals surface area contributed by atoms with Crippen molar-refractivity contribution in [3.05, 3.63) is 191 Å². The molecule has 6 aromatic carbocycles. The molecule has 14 heteroatoms. The Labute approximate surface area is 319 Å². The minimum absolute atomic E-state index is 0.0303. The number of carbonyl (C=O) groups is 3. The molecule has 8 nitrogen and oxygen atoms in total. The second kappa shape index (κ2) is 16.3. The lowest BCUT2D eigenvalue weighted by molar-refractivity contribution is -0.288. The summed E-state index contributed by atoms with van der Waals surface area (Å²) in [5.41, 5.74) is -8.16. The van der Waals surface area contributed by atoms with Crippen molar-refractivity contribution in [3.8, 4) is 23.0 Å². The van der Waals surface area contributed by atoms with Gasteiger partial charge in [-0.05, 0) is 77.9 Å². The monoisotopic (exact) mass is 785 g/mol. The number of rotatable bonds is 10. The van der Waals surface area contributed by atoms with E-state index in [2.05, 4.69) is 0 Å². The number of hydrogen-bond donors (Lipinski definition) is 0. The van der Waals surface area contributed by atoms with Crippen molar-refractivity contribution in [2.45, 2.75) is 17.8 Å². The predicted molar refractivity (Wildman–Crippen MR) is 193 cm³/mol. The zero-order chi connectivity index (χ0) is 40.8. The predicted octanol–water partition coefficient (Wildman–Crippen LogP) is 9.68. The summed E-state index contributed by atoms with van der Waals surface area (Å²) < 4.78 is 115. The fourth-order valence-electron chi connectivity index (χ4n) is 5.74. The van der Waals surface area contributed by atoms with Crippen molar-refractivity contribution in [2.24, 2.45) is 0 Å². The van der Waals surface area contributed by atoms with Crippen LogP contribution in [0, 0.1) is 0 Å². The molecule has 0 saturated carbocycles. The van der Waals surface area contributed by atoms with Crippen molar-refractivity contribution in [1.29, 1.82) is 0 Å². The van der Waals surface area contributed by atoms with Crippen LogP contribution in [0.2, 0.25) is 0 Å². The lowest BCUT2D eigenvalue weighted by Gasteiger charge is -2.38. The summed E-state index contributed by atoms with van der Waals surface area (Å²) >= 11 is 0. The highest BCUT2D eigenvalue weighted by Gasteiger charge is 2.73. The molecule has 57 heavy (non-hydrogen) atoms. The van der Waals surface area contributed by atoms with Crippen LogP contribution in [0.15, 0.2) is 158 Å². The summed E-state index contributed by atoms with van der Waals surface area (Å²) in [6.45, 7) is 0. The zero-order valence-corrected chi connectivity index (χ0v) is 29.1. The summed E-state index contributed by atoms with van der Waals surface area (Å²) in [5.74, 6) is -7.43. The van der Waals surface area contributed by atoms with E-state index in [1.807, 2.05) is 0 Å². The van der Waals surface area contributed by atoms with Gasteiger partial charge in [0.05, 0.1) is 16.7 Å². The first-order valence-electron chi connectivity index (χ1n) is 16.7. The molecule has 0 fully saturated rings. The minimum atomic E-state index is -6.20. The van der Waals surface area contributed by atoms with Crippen LogP contribution in [0.4, 0.5) is 26.3 Å². The van der Waals surface area contributed by atoms with Crippen LogP contribution in [0.1, 0.15) is 47.8 Å². The molecule has 0 aliphatic carbocycles. The molecule has 0 aliphatic heterocycles. The maximum atomic E-state index is 15.5. The molecule has 0 aliphatic rings. The Kier molecular flexibility index (Phi) is 11.3. The van der Waals surface area contributed by atoms with Crippen LogP contribution >= 0.6 is 0 Å². The van der Waals surface area contributed by atoms with Gasteiger partial charge in [0.15, 0.2) is 11.5 Å². The molecule has 0 atom stereocenters. The van der Waals surface area contributed by atoms with E-state index in [0.717, 1.165) is 0 Å². The van der Waals surface area contributed by atoms with Crippen LogP contribution in [-0.4, -0.2) is 41.0 Å². The Hall–Kier alpha value is -7.22. The van der Waals surface area contributed by atoms with Crippen molar-refractivity contribution < 1.29 is 64.5 Å². The lowest BCUT2D eigenvalue weighted by atomic mass is 9.72. The van der Waals surface area contributed by atoms with Gasteiger partial charge in [0, 0.05) is 6.07 Å². The molecule has 1 N–H and O–H groups in total. The largest absolute Gasteiger partial charge is 0.524 e. The van der Waals surface area contributed by atoms with Gasteiger partial charge < -0.3 is 19.0 Å². The maximum absolute atomic E-state index is 15.5. The van der Waals surface area contributed by atoms with Gasteiger partial charge in [-0.1, -0.05) is 84.9 Å². The molecule has 0 bridgehead atoms. The molecule has 6 rings (SSSR count). The summed E-state index contributed by atoms with van der Waals surface area (Å²) in [6.07, 6.45) is -12.4. The summed E-state index contributed by atoms with van der Waals surface area (Å²) in [5, 5.41) is 0. The first-order valence-corrected chi connectivity index (χ1v) is 16.7. The normalized spacial score (nSPS) is 11.6. The van der Waals surface area contributed by atoms with Gasteiger partial charge in [0.25, 0.3) is 5.75 Å². The molecule has 6 aromatic rings. The Morgan fingerprint density at radius 2 is 0.684 bits per heavy atom. The molecule has 0 amide bonds. The molecule has 0 heterocycles. The fourth-order valence-corrected chi connectivity index (χ4v) is 5.74. The van der Waals surface area contributed by atoms with Crippen molar-refractivity contribution >= 4 is 23.9 Å². The van der Waals surface area contributed by atoms with Crippen molar-refractivity contribution in [1.82, 2.24) is 0 Å². The van der Waals surface area contributed by atoms with Gasteiger partial charge in [-0.15, -0.1) is 0 Å². The van der Waals surface area contributed by atoms with Gasteiger partial charge >= 0.3 is 36.2 Å². The number of alkyl halides is 6. The van der Waals surface area contributed by atoms with Crippen LogP contribution in [0.3, 0.4) is 0 Å². The van der Waals surface area contributed by atoms with E-state index in [-0.39, 0.29) is 22.3 Å². The quantitative estimate of drug-likeness (QED) is 0.0589. The highest BCUT2D eigenvalue weighted by atomic mass is 19.4. The van der Waals surface area contributed by atoms with E-state index in [1.54, 1.807) is 24.3 Å². The van der Waals surface area contributed by atoms with Crippen LogP contribution < -0.4 is 18.9 Å². The van der Waals surface area contributed by atoms with Gasteiger partial charge in [-0.25, -0.2) is 14.4 Å². The summed E-state index contributed by atoms with van der Waals surface area (Å²) in [7, 11) is 0. The number of carbonyl (C=O) groups excluding carboxylic acids is 4. The molecule has 288 valence electrons. The zero-order valence-electron chi connectivity index (χ0n) is 29.1. The van der Waals surface area contributed by atoms with E-state index in [1.165, 1.54) is 97.1 Å². The van der Waals surface area contributed by atoms with Gasteiger partial charge in [0.2, 0.25) is 11.2 Å². The Morgan fingerprint density at radius 3 is 1.02 bits per heavy atom. The van der Waals surface area contributed by atoms with Crippen LogP contribution in [0.5, 0.6) is 23.0 Å². The topological polar surface area (TPSA) is 110 Å². The van der Waals surface area contributed by atoms with E-state index < -0.39 is 75.8 Å². The average Bonchev–Trinajstić information content (AvgIpc) is 3.20. The van der Waals surface area contributed by atoms with E-state index in [0.29, 0.717) is 36.4 Å². The summed E-state index contributed by atoms with van der Waals surface area (Å²) in [6, 6.07) is 31.5. The average molecular weight is 786 g/mol. The Balaban J connectivity index is 1.53. The second-order valence-electron chi connectivity index (χ2n) is 12.1. The smallest absolute Gasteiger partial charge is 0.419 e. The first kappa shape index (κ1) is 39.5. The van der Waals surface area contributed by atoms with Crippen LogP contribution in [0.25, 0.3) is 0 Å².